The molecular weight excluding hydrogens is 208 g/mol. The zero-order valence-corrected chi connectivity index (χ0v) is 8.51. The molecule has 0 spiro atoms. The average Bonchev–Trinajstić information content (AvgIpc) is 2.62. The first kappa shape index (κ1) is 9.24. The Morgan fingerprint density at radius 2 is 2.23 bits per heavy atom. The molecule has 0 bridgehead atoms. The molecule has 0 unspecified atom stereocenters. The molecule has 1 aliphatic rings. The third-order valence-corrected chi connectivity index (χ3v) is 3.08. The number of hydrogen-bond donors (Lipinski definition) is 0. The van der Waals surface area contributed by atoms with Crippen molar-refractivity contribution in [3.63, 3.8) is 0 Å². The molecule has 13 heavy (non-hydrogen) atoms. The summed E-state index contributed by atoms with van der Waals surface area (Å²) in [5, 5.41) is 1.85. The van der Waals surface area contributed by atoms with Crippen LogP contribution in [0.4, 0.5) is 0 Å². The first-order chi connectivity index (χ1) is 6.34. The number of thioether (sulfide) groups is 1. The molecule has 0 saturated carbocycles. The Kier molecular flexibility index (Phi) is 3.03. The SMILES string of the molecule is Clc1cnc(S[C@@H]2CCOC2)nc1. The predicted octanol–water partition coefficient (Wildman–Crippen LogP) is 2.01. The van der Waals surface area contributed by atoms with Gasteiger partial charge in [-0.25, -0.2) is 9.97 Å². The van der Waals surface area contributed by atoms with Crippen LogP contribution in [0.15, 0.2) is 17.6 Å². The minimum Gasteiger partial charge on any atom is -0.380 e. The summed E-state index contributed by atoms with van der Waals surface area (Å²) >= 11 is 7.32. The molecular formula is C8H9ClN2OS. The van der Waals surface area contributed by atoms with Crippen molar-refractivity contribution in [1.82, 2.24) is 9.97 Å². The van der Waals surface area contributed by atoms with Gasteiger partial charge in [0.05, 0.1) is 24.0 Å². The normalized spacial score (nSPS) is 22.1. The number of hydrogen-bond acceptors (Lipinski definition) is 4. The minimum absolute atomic E-state index is 0.501. The topological polar surface area (TPSA) is 35.0 Å². The molecule has 0 radical (unpaired) electrons. The Morgan fingerprint density at radius 1 is 1.46 bits per heavy atom. The molecule has 70 valence electrons. The number of halogens is 1. The molecule has 2 heterocycles. The lowest BCUT2D eigenvalue weighted by Gasteiger charge is -2.04. The Hall–Kier alpha value is -0.320. The molecule has 3 nitrogen and oxygen atoms in total. The van der Waals surface area contributed by atoms with Crippen LogP contribution in [0.1, 0.15) is 6.42 Å². The molecule has 5 heteroatoms. The molecule has 1 saturated heterocycles. The van der Waals surface area contributed by atoms with Gasteiger partial charge in [-0.05, 0) is 6.42 Å². The monoisotopic (exact) mass is 216 g/mol. The molecule has 2 rings (SSSR count). The van der Waals surface area contributed by atoms with E-state index in [9.17, 15) is 0 Å². The van der Waals surface area contributed by atoms with Crippen molar-refractivity contribution in [3.05, 3.63) is 17.4 Å². The van der Waals surface area contributed by atoms with Gasteiger partial charge in [0.15, 0.2) is 5.16 Å². The number of nitrogens with zero attached hydrogens (tertiary/aromatic N) is 2. The zero-order chi connectivity index (χ0) is 9.10. The zero-order valence-electron chi connectivity index (χ0n) is 6.94. The van der Waals surface area contributed by atoms with Crippen LogP contribution in [0.5, 0.6) is 0 Å². The van der Waals surface area contributed by atoms with Crippen LogP contribution in [0.3, 0.4) is 0 Å². The van der Waals surface area contributed by atoms with E-state index in [1.165, 1.54) is 0 Å². The highest BCUT2D eigenvalue weighted by atomic mass is 35.5. The molecule has 1 atom stereocenters. The van der Waals surface area contributed by atoms with Crippen molar-refractivity contribution in [3.8, 4) is 0 Å². The van der Waals surface area contributed by atoms with Crippen molar-refractivity contribution in [2.24, 2.45) is 0 Å². The standard InChI is InChI=1S/C8H9ClN2OS/c9-6-3-10-8(11-4-6)13-7-1-2-12-5-7/h3-4,7H,1-2,5H2/t7-/m1/s1. The maximum absolute atomic E-state index is 5.67. The summed E-state index contributed by atoms with van der Waals surface area (Å²) in [5.74, 6) is 0. The van der Waals surface area contributed by atoms with Crippen LogP contribution in [0.2, 0.25) is 5.02 Å². The van der Waals surface area contributed by atoms with E-state index in [1.54, 1.807) is 24.2 Å². The maximum atomic E-state index is 5.67. The van der Waals surface area contributed by atoms with Crippen molar-refractivity contribution in [2.45, 2.75) is 16.8 Å². The fraction of sp³-hybridized carbons (Fsp3) is 0.500. The third-order valence-electron chi connectivity index (χ3n) is 1.76. The smallest absolute Gasteiger partial charge is 0.187 e. The van der Waals surface area contributed by atoms with E-state index in [4.69, 9.17) is 16.3 Å². The fourth-order valence-electron chi connectivity index (χ4n) is 1.12. The van der Waals surface area contributed by atoms with Gasteiger partial charge in [0, 0.05) is 11.9 Å². The van der Waals surface area contributed by atoms with Crippen LogP contribution in [0, 0.1) is 0 Å². The third kappa shape index (κ3) is 2.56. The van der Waals surface area contributed by atoms with Gasteiger partial charge in [-0.1, -0.05) is 23.4 Å². The maximum Gasteiger partial charge on any atom is 0.187 e. The molecule has 0 N–H and O–H groups in total. The second-order valence-corrected chi connectivity index (χ2v) is 4.49. The van der Waals surface area contributed by atoms with E-state index in [0.717, 1.165) is 24.8 Å². The van der Waals surface area contributed by atoms with Gasteiger partial charge in [-0.15, -0.1) is 0 Å². The van der Waals surface area contributed by atoms with Gasteiger partial charge in [0.25, 0.3) is 0 Å². The van der Waals surface area contributed by atoms with Crippen LogP contribution in [0.25, 0.3) is 0 Å². The summed E-state index contributed by atoms with van der Waals surface area (Å²) < 4.78 is 5.25. The van der Waals surface area contributed by atoms with Gasteiger partial charge >= 0.3 is 0 Å². The molecule has 0 amide bonds. The Balaban J connectivity index is 1.97. The molecule has 1 aliphatic heterocycles. The van der Waals surface area contributed by atoms with Crippen LogP contribution >= 0.6 is 23.4 Å². The van der Waals surface area contributed by atoms with E-state index in [1.807, 2.05) is 0 Å². The van der Waals surface area contributed by atoms with Crippen molar-refractivity contribution in [2.75, 3.05) is 13.2 Å². The minimum atomic E-state index is 0.501. The van der Waals surface area contributed by atoms with Gasteiger partial charge in [0.1, 0.15) is 0 Å². The predicted molar refractivity (Wildman–Crippen MR) is 52.1 cm³/mol. The van der Waals surface area contributed by atoms with E-state index >= 15 is 0 Å². The summed E-state index contributed by atoms with van der Waals surface area (Å²) in [4.78, 5) is 8.21. The summed E-state index contributed by atoms with van der Waals surface area (Å²) in [5.41, 5.74) is 0. The van der Waals surface area contributed by atoms with E-state index in [2.05, 4.69) is 9.97 Å². The van der Waals surface area contributed by atoms with E-state index in [-0.39, 0.29) is 0 Å². The Morgan fingerprint density at radius 3 is 2.85 bits per heavy atom. The highest BCUT2D eigenvalue weighted by Crippen LogP contribution is 2.25. The average molecular weight is 217 g/mol. The number of rotatable bonds is 2. The van der Waals surface area contributed by atoms with E-state index < -0.39 is 0 Å². The largest absolute Gasteiger partial charge is 0.380 e. The molecule has 0 aliphatic carbocycles. The number of ether oxygens (including phenoxy) is 1. The summed E-state index contributed by atoms with van der Waals surface area (Å²) in [6.45, 7) is 1.65. The van der Waals surface area contributed by atoms with Crippen molar-refractivity contribution >= 4 is 23.4 Å². The lowest BCUT2D eigenvalue weighted by molar-refractivity contribution is 0.199. The molecule has 0 aromatic carbocycles. The lowest BCUT2D eigenvalue weighted by Crippen LogP contribution is -2.01. The van der Waals surface area contributed by atoms with Gasteiger partial charge < -0.3 is 4.74 Å². The Bertz CT molecular complexity index is 274. The molecule has 1 fully saturated rings. The first-order valence-corrected chi connectivity index (χ1v) is 5.32. The quantitative estimate of drug-likeness (QED) is 0.709. The number of aromatic nitrogens is 2. The second kappa shape index (κ2) is 4.26. The van der Waals surface area contributed by atoms with Gasteiger partial charge in [0.2, 0.25) is 0 Å². The lowest BCUT2D eigenvalue weighted by atomic mass is 10.4. The van der Waals surface area contributed by atoms with Crippen molar-refractivity contribution in [1.29, 1.82) is 0 Å². The van der Waals surface area contributed by atoms with Crippen molar-refractivity contribution < 1.29 is 4.74 Å². The highest BCUT2D eigenvalue weighted by molar-refractivity contribution is 7.99. The highest BCUT2D eigenvalue weighted by Gasteiger charge is 2.17. The Labute approximate surface area is 85.9 Å². The van der Waals surface area contributed by atoms with Gasteiger partial charge in [-0.3, -0.25) is 0 Å². The van der Waals surface area contributed by atoms with Crippen LogP contribution < -0.4 is 0 Å². The molecule has 1 aromatic heterocycles. The first-order valence-electron chi connectivity index (χ1n) is 4.06. The fourth-order valence-corrected chi connectivity index (χ4v) is 2.12. The van der Waals surface area contributed by atoms with E-state index in [0.29, 0.717) is 10.3 Å². The summed E-state index contributed by atoms with van der Waals surface area (Å²) in [7, 11) is 0. The summed E-state index contributed by atoms with van der Waals surface area (Å²) in [6, 6.07) is 0. The molecule has 1 aromatic rings. The second-order valence-electron chi connectivity index (χ2n) is 2.79. The van der Waals surface area contributed by atoms with Gasteiger partial charge in [-0.2, -0.15) is 0 Å². The van der Waals surface area contributed by atoms with Crippen LogP contribution in [-0.2, 0) is 4.74 Å². The van der Waals surface area contributed by atoms with Crippen LogP contribution in [-0.4, -0.2) is 28.4 Å². The summed E-state index contributed by atoms with van der Waals surface area (Å²) in [6.07, 6.45) is 4.32.